The van der Waals surface area contributed by atoms with E-state index in [1.807, 2.05) is 30.3 Å². The van der Waals surface area contributed by atoms with Crippen LogP contribution in [0, 0.1) is 0 Å². The fraction of sp³-hybridized carbons (Fsp3) is 0.455. The van der Waals surface area contributed by atoms with Gasteiger partial charge >= 0.3 is 0 Å². The van der Waals surface area contributed by atoms with E-state index in [2.05, 4.69) is 5.73 Å². The highest BCUT2D eigenvalue weighted by Crippen LogP contribution is 2.41. The summed E-state index contributed by atoms with van der Waals surface area (Å²) in [6, 6.07) is 9.83. The fourth-order valence-corrected chi connectivity index (χ4v) is 2.97. The lowest BCUT2D eigenvalue weighted by Crippen LogP contribution is -2.50. The van der Waals surface area contributed by atoms with Gasteiger partial charge in [0.2, 0.25) is 7.37 Å². The largest absolute Gasteiger partial charge is 0.358 e. The highest BCUT2D eigenvalue weighted by Gasteiger charge is 2.17. The second-order valence-electron chi connectivity index (χ2n) is 3.74. The smallest absolute Gasteiger partial charge is 0.201 e. The van der Waals surface area contributed by atoms with Crippen LogP contribution in [0.15, 0.2) is 30.3 Å². The third kappa shape index (κ3) is 5.12. The van der Waals surface area contributed by atoms with Gasteiger partial charge in [-0.2, -0.15) is 0 Å². The van der Waals surface area contributed by atoms with E-state index in [9.17, 15) is 9.46 Å². The molecule has 0 bridgehead atoms. The van der Waals surface area contributed by atoms with Crippen LogP contribution in [0.1, 0.15) is 12.0 Å². The topological polar surface area (TPSA) is 64.9 Å². The zero-order chi connectivity index (χ0) is 11.1. The third-order valence-electron chi connectivity index (χ3n) is 2.35. The van der Waals surface area contributed by atoms with E-state index in [4.69, 9.17) is 0 Å². The Balaban J connectivity index is 2.39. The average molecular weight is 228 g/mol. The molecule has 4 N–H and O–H groups in total. The normalized spacial score (nSPS) is 14.8. The monoisotopic (exact) mass is 228 g/mol. The maximum atomic E-state index is 11.7. The van der Waals surface area contributed by atoms with Crippen molar-refractivity contribution in [3.63, 3.8) is 0 Å². The van der Waals surface area contributed by atoms with Crippen LogP contribution in [0.5, 0.6) is 0 Å². The third-order valence-corrected chi connectivity index (χ3v) is 4.29. The maximum Gasteiger partial charge on any atom is 0.201 e. The van der Waals surface area contributed by atoms with Crippen molar-refractivity contribution in [2.24, 2.45) is 0 Å². The molecule has 0 aliphatic carbocycles. The van der Waals surface area contributed by atoms with E-state index in [-0.39, 0.29) is 0 Å². The summed E-state index contributed by atoms with van der Waals surface area (Å²) in [4.78, 5) is 9.63. The van der Waals surface area contributed by atoms with E-state index in [1.54, 1.807) is 0 Å². The van der Waals surface area contributed by atoms with Gasteiger partial charge in [0, 0.05) is 18.7 Å². The first kappa shape index (κ1) is 12.4. The molecule has 0 saturated heterocycles. The summed E-state index contributed by atoms with van der Waals surface area (Å²) in [5.74, 6) is 0. The molecule has 1 unspecified atom stereocenters. The van der Waals surface area contributed by atoms with Gasteiger partial charge in [0.1, 0.15) is 0 Å². The minimum Gasteiger partial charge on any atom is -0.358 e. The summed E-state index contributed by atoms with van der Waals surface area (Å²) in [7, 11) is -2.91. The second kappa shape index (κ2) is 6.06. The molecule has 0 saturated carbocycles. The quantitative estimate of drug-likeness (QED) is 0.717. The van der Waals surface area contributed by atoms with Crippen LogP contribution in [-0.4, -0.2) is 23.8 Å². The van der Waals surface area contributed by atoms with E-state index >= 15 is 0 Å². The Kier molecular flexibility index (Phi) is 5.03. The lowest BCUT2D eigenvalue weighted by molar-refractivity contribution is -0.367. The Hall–Kier alpha value is -0.630. The van der Waals surface area contributed by atoms with Gasteiger partial charge in [-0.1, -0.05) is 30.3 Å². The summed E-state index contributed by atoms with van der Waals surface area (Å²) in [5, 5.41) is 0. The van der Waals surface area contributed by atoms with Gasteiger partial charge in [-0.25, -0.2) is 0 Å². The Morgan fingerprint density at radius 3 is 2.47 bits per heavy atom. The van der Waals surface area contributed by atoms with Crippen molar-refractivity contribution >= 4 is 7.37 Å². The Labute approximate surface area is 90.8 Å². The average Bonchev–Trinajstić information content (AvgIpc) is 2.25. The van der Waals surface area contributed by atoms with Crippen molar-refractivity contribution in [1.82, 2.24) is 0 Å². The van der Waals surface area contributed by atoms with E-state index in [1.165, 1.54) is 0 Å². The molecule has 0 heterocycles. The van der Waals surface area contributed by atoms with Gasteiger partial charge in [0.15, 0.2) is 0 Å². The van der Waals surface area contributed by atoms with Crippen LogP contribution in [0.3, 0.4) is 0 Å². The predicted octanol–water partition coefficient (Wildman–Crippen LogP) is 1.13. The zero-order valence-electron chi connectivity index (χ0n) is 8.93. The molecule has 1 atom stereocenters. The molecule has 15 heavy (non-hydrogen) atoms. The van der Waals surface area contributed by atoms with Gasteiger partial charge in [-0.05, 0) is 12.0 Å². The summed E-state index contributed by atoms with van der Waals surface area (Å²) in [6.45, 7) is 0.732. The molecule has 0 aliphatic heterocycles. The Morgan fingerprint density at radius 2 is 1.87 bits per heavy atom. The lowest BCUT2D eigenvalue weighted by Gasteiger charge is -2.10. The SMILES string of the molecule is [NH3+]CCCP(=O)(O)CCc1ccccc1. The number of aryl methyl sites for hydroxylation is 1. The first-order valence-electron chi connectivity index (χ1n) is 5.28. The minimum atomic E-state index is -2.91. The van der Waals surface area contributed by atoms with Crippen molar-refractivity contribution in [3.05, 3.63) is 35.9 Å². The summed E-state index contributed by atoms with van der Waals surface area (Å²) >= 11 is 0. The Bertz CT molecular complexity index is 327. The standard InChI is InChI=1S/C11H18NO2P/c12-8-4-9-15(13,14)10-7-11-5-2-1-3-6-11/h1-3,5-6H,4,7-10,12H2,(H,13,14)/p+1. The molecule has 0 amide bonds. The molecule has 1 rings (SSSR count). The van der Waals surface area contributed by atoms with Crippen molar-refractivity contribution < 1.29 is 15.2 Å². The molecule has 0 radical (unpaired) electrons. The highest BCUT2D eigenvalue weighted by atomic mass is 31.2. The van der Waals surface area contributed by atoms with Crippen LogP contribution in [-0.2, 0) is 11.0 Å². The van der Waals surface area contributed by atoms with Crippen LogP contribution in [0.2, 0.25) is 0 Å². The van der Waals surface area contributed by atoms with E-state index in [0.717, 1.165) is 18.5 Å². The molecule has 0 aliphatic rings. The number of rotatable bonds is 6. The molecule has 84 valence electrons. The van der Waals surface area contributed by atoms with Gasteiger partial charge in [-0.15, -0.1) is 0 Å². The molecule has 4 heteroatoms. The minimum absolute atomic E-state index is 0.386. The highest BCUT2D eigenvalue weighted by molar-refractivity contribution is 7.57. The number of hydrogen-bond acceptors (Lipinski definition) is 1. The fourth-order valence-electron chi connectivity index (χ4n) is 1.42. The van der Waals surface area contributed by atoms with Crippen LogP contribution < -0.4 is 5.73 Å². The van der Waals surface area contributed by atoms with Crippen molar-refractivity contribution in [2.75, 3.05) is 18.9 Å². The van der Waals surface area contributed by atoms with E-state index in [0.29, 0.717) is 18.7 Å². The molecule has 1 aromatic carbocycles. The number of quaternary nitrogens is 1. The van der Waals surface area contributed by atoms with Crippen molar-refractivity contribution in [1.29, 1.82) is 0 Å². The Morgan fingerprint density at radius 1 is 1.20 bits per heavy atom. The summed E-state index contributed by atoms with van der Waals surface area (Å²) in [5.41, 5.74) is 4.80. The molecule has 0 aromatic heterocycles. The molecule has 3 nitrogen and oxygen atoms in total. The molecule has 0 spiro atoms. The predicted molar refractivity (Wildman–Crippen MR) is 62.1 cm³/mol. The van der Waals surface area contributed by atoms with Crippen molar-refractivity contribution in [2.45, 2.75) is 12.8 Å². The summed E-state index contributed by atoms with van der Waals surface area (Å²) < 4.78 is 11.7. The van der Waals surface area contributed by atoms with Gasteiger partial charge in [0.25, 0.3) is 0 Å². The molecule has 1 aromatic rings. The van der Waals surface area contributed by atoms with Gasteiger partial charge in [0.05, 0.1) is 6.54 Å². The van der Waals surface area contributed by atoms with Crippen LogP contribution in [0.4, 0.5) is 0 Å². The van der Waals surface area contributed by atoms with Gasteiger partial charge < -0.3 is 10.6 Å². The van der Waals surface area contributed by atoms with Crippen LogP contribution >= 0.6 is 7.37 Å². The maximum absolute atomic E-state index is 11.7. The number of benzene rings is 1. The molecule has 0 fully saturated rings. The first-order valence-corrected chi connectivity index (χ1v) is 7.31. The summed E-state index contributed by atoms with van der Waals surface area (Å²) in [6.07, 6.45) is 2.22. The first-order chi connectivity index (χ1) is 7.14. The van der Waals surface area contributed by atoms with Crippen molar-refractivity contribution in [3.8, 4) is 0 Å². The van der Waals surface area contributed by atoms with Crippen LogP contribution in [0.25, 0.3) is 0 Å². The lowest BCUT2D eigenvalue weighted by atomic mass is 10.2. The second-order valence-corrected chi connectivity index (χ2v) is 6.32. The van der Waals surface area contributed by atoms with E-state index < -0.39 is 7.37 Å². The number of hydrogen-bond donors (Lipinski definition) is 2. The van der Waals surface area contributed by atoms with Gasteiger partial charge in [-0.3, -0.25) is 4.57 Å². The molecular formula is C11H19NO2P+. The molecular weight excluding hydrogens is 209 g/mol. The zero-order valence-corrected chi connectivity index (χ0v) is 9.83.